The van der Waals surface area contributed by atoms with Crippen molar-refractivity contribution in [2.24, 2.45) is 0 Å². The third-order valence-electron chi connectivity index (χ3n) is 2.71. The van der Waals surface area contributed by atoms with Crippen molar-refractivity contribution in [3.05, 3.63) is 47.2 Å². The summed E-state index contributed by atoms with van der Waals surface area (Å²) < 4.78 is 31.1. The summed E-state index contributed by atoms with van der Waals surface area (Å²) >= 11 is 5.80. The van der Waals surface area contributed by atoms with Crippen LogP contribution in [0.1, 0.15) is 0 Å². The molecule has 1 atom stereocenters. The summed E-state index contributed by atoms with van der Waals surface area (Å²) in [5.41, 5.74) is 0. The second kappa shape index (κ2) is 3.82. The highest BCUT2D eigenvalue weighted by Crippen LogP contribution is 2.49. The van der Waals surface area contributed by atoms with Gasteiger partial charge in [0.1, 0.15) is 17.3 Å². The lowest BCUT2D eigenvalue weighted by Gasteiger charge is -2.24. The van der Waals surface area contributed by atoms with Crippen LogP contribution in [0.2, 0.25) is 5.02 Å². The van der Waals surface area contributed by atoms with E-state index in [9.17, 15) is 13.8 Å². The molecule has 0 bridgehead atoms. The number of hydrogen-bond donors (Lipinski definition) is 1. The average Bonchev–Trinajstić information content (AvgIpc) is 2.32. The minimum atomic E-state index is -3.87. The molecule has 0 radical (unpaired) electrons. The lowest BCUT2D eigenvalue weighted by Crippen LogP contribution is -2.24. The zero-order valence-corrected chi connectivity index (χ0v) is 10.6. The van der Waals surface area contributed by atoms with Crippen molar-refractivity contribution in [1.29, 1.82) is 0 Å². The molecule has 92 valence electrons. The van der Waals surface area contributed by atoms with Gasteiger partial charge in [-0.1, -0.05) is 11.6 Å². The topological polar surface area (TPSA) is 46.5 Å². The van der Waals surface area contributed by atoms with Crippen LogP contribution >= 0.6 is 19.0 Å². The first-order valence-electron chi connectivity index (χ1n) is 5.09. The van der Waals surface area contributed by atoms with Gasteiger partial charge in [-0.2, -0.15) is 0 Å². The largest absolute Gasteiger partial charge is 0.456 e. The van der Waals surface area contributed by atoms with Crippen molar-refractivity contribution >= 4 is 29.6 Å². The fourth-order valence-corrected chi connectivity index (χ4v) is 3.83. The van der Waals surface area contributed by atoms with Crippen molar-refractivity contribution in [2.45, 2.75) is 0 Å². The molecule has 3 nitrogen and oxygen atoms in total. The summed E-state index contributed by atoms with van der Waals surface area (Å²) in [6, 6.07) is 7.98. The summed E-state index contributed by atoms with van der Waals surface area (Å²) in [6.45, 7) is 0. The van der Waals surface area contributed by atoms with Crippen LogP contribution in [0, 0.1) is 5.82 Å². The van der Waals surface area contributed by atoms with Crippen molar-refractivity contribution in [2.75, 3.05) is 0 Å². The number of benzene rings is 2. The van der Waals surface area contributed by atoms with E-state index in [1.165, 1.54) is 24.3 Å². The molecule has 0 amide bonds. The summed E-state index contributed by atoms with van der Waals surface area (Å²) in [5, 5.41) is 0.372. The summed E-state index contributed by atoms with van der Waals surface area (Å²) in [5.74, 6) is -0.126. The van der Waals surface area contributed by atoms with Crippen LogP contribution in [-0.2, 0) is 4.57 Å². The standard InChI is InChI=1S/C12H7ClFO3P/c13-7-1-3-9-11(5-7)18(15,16)12-6-8(14)2-4-10(12)17-9/h1-6H,(H,15,16). The Balaban J connectivity index is 2.30. The first kappa shape index (κ1) is 11.7. The normalized spacial score (nSPS) is 20.8. The van der Waals surface area contributed by atoms with Gasteiger partial charge < -0.3 is 9.63 Å². The fourth-order valence-electron chi connectivity index (χ4n) is 1.88. The van der Waals surface area contributed by atoms with Crippen molar-refractivity contribution in [1.82, 2.24) is 0 Å². The Morgan fingerprint density at radius 1 is 1.11 bits per heavy atom. The number of halogens is 2. The van der Waals surface area contributed by atoms with E-state index in [2.05, 4.69) is 0 Å². The molecule has 2 aromatic rings. The van der Waals surface area contributed by atoms with Crippen molar-refractivity contribution in [3.63, 3.8) is 0 Å². The Morgan fingerprint density at radius 3 is 2.44 bits per heavy atom. The SMILES string of the molecule is O=P1(O)c2cc(F)ccc2Oc2ccc(Cl)cc21. The molecule has 0 spiro atoms. The highest BCUT2D eigenvalue weighted by Gasteiger charge is 2.36. The molecule has 18 heavy (non-hydrogen) atoms. The van der Waals surface area contributed by atoms with E-state index in [1.54, 1.807) is 6.07 Å². The maximum Gasteiger partial charge on any atom is 0.266 e. The minimum Gasteiger partial charge on any atom is -0.456 e. The maximum absolute atomic E-state index is 13.2. The zero-order chi connectivity index (χ0) is 12.9. The molecule has 2 aromatic carbocycles. The number of fused-ring (bicyclic) bond motifs is 2. The second-order valence-electron chi connectivity index (χ2n) is 3.90. The van der Waals surface area contributed by atoms with E-state index in [-0.39, 0.29) is 22.1 Å². The molecule has 6 heteroatoms. The molecular weight excluding hydrogens is 278 g/mol. The molecule has 1 unspecified atom stereocenters. The van der Waals surface area contributed by atoms with Gasteiger partial charge in [-0.15, -0.1) is 0 Å². The molecule has 0 saturated heterocycles. The van der Waals surface area contributed by atoms with Crippen LogP contribution in [0.15, 0.2) is 36.4 Å². The third-order valence-corrected chi connectivity index (χ3v) is 4.96. The first-order valence-corrected chi connectivity index (χ1v) is 7.13. The Hall–Kier alpha value is -1.35. The van der Waals surface area contributed by atoms with Gasteiger partial charge in [0.15, 0.2) is 0 Å². The Labute approximate surface area is 107 Å². The lowest BCUT2D eigenvalue weighted by molar-refractivity contribution is 0.464. The van der Waals surface area contributed by atoms with Gasteiger partial charge in [-0.05, 0) is 36.4 Å². The molecule has 0 aliphatic carbocycles. The summed E-state index contributed by atoms with van der Waals surface area (Å²) in [7, 11) is -3.87. The molecule has 1 aliphatic rings. The molecule has 1 heterocycles. The van der Waals surface area contributed by atoms with E-state index in [1.807, 2.05) is 0 Å². The van der Waals surface area contributed by atoms with Gasteiger partial charge in [0.25, 0.3) is 7.37 Å². The maximum atomic E-state index is 13.2. The van der Waals surface area contributed by atoms with E-state index in [0.29, 0.717) is 5.02 Å². The summed E-state index contributed by atoms with van der Waals surface area (Å²) in [6.07, 6.45) is 0. The van der Waals surface area contributed by atoms with Crippen LogP contribution < -0.4 is 15.3 Å². The van der Waals surface area contributed by atoms with Gasteiger partial charge in [0.05, 0.1) is 10.6 Å². The molecular formula is C12H7ClFO3P. The van der Waals surface area contributed by atoms with Crippen LogP contribution in [0.4, 0.5) is 4.39 Å². The van der Waals surface area contributed by atoms with Crippen LogP contribution in [0.5, 0.6) is 11.5 Å². The van der Waals surface area contributed by atoms with Crippen LogP contribution in [0.25, 0.3) is 0 Å². The van der Waals surface area contributed by atoms with Crippen molar-refractivity contribution < 1.29 is 18.6 Å². The molecule has 3 rings (SSSR count). The van der Waals surface area contributed by atoms with Gasteiger partial charge in [-0.25, -0.2) is 4.39 Å². The van der Waals surface area contributed by atoms with E-state index < -0.39 is 13.2 Å². The highest BCUT2D eigenvalue weighted by atomic mass is 35.5. The van der Waals surface area contributed by atoms with Gasteiger partial charge in [0.2, 0.25) is 0 Å². The predicted molar refractivity (Wildman–Crippen MR) is 67.0 cm³/mol. The van der Waals surface area contributed by atoms with Gasteiger partial charge in [0, 0.05) is 5.02 Å². The quantitative estimate of drug-likeness (QED) is 0.757. The second-order valence-corrected chi connectivity index (χ2v) is 6.45. The van der Waals surface area contributed by atoms with E-state index in [4.69, 9.17) is 16.3 Å². The average molecular weight is 285 g/mol. The van der Waals surface area contributed by atoms with Crippen LogP contribution in [-0.4, -0.2) is 4.89 Å². The Kier molecular flexibility index (Phi) is 2.49. The van der Waals surface area contributed by atoms with E-state index >= 15 is 0 Å². The summed E-state index contributed by atoms with van der Waals surface area (Å²) in [4.78, 5) is 10.2. The molecule has 1 aliphatic heterocycles. The van der Waals surface area contributed by atoms with Crippen LogP contribution in [0.3, 0.4) is 0 Å². The van der Waals surface area contributed by atoms with Gasteiger partial charge >= 0.3 is 0 Å². The molecule has 0 aromatic heterocycles. The van der Waals surface area contributed by atoms with Gasteiger partial charge in [-0.3, -0.25) is 4.57 Å². The highest BCUT2D eigenvalue weighted by molar-refractivity contribution is 7.74. The lowest BCUT2D eigenvalue weighted by atomic mass is 10.3. The zero-order valence-electron chi connectivity index (χ0n) is 8.93. The fraction of sp³-hybridized carbons (Fsp3) is 0. The Bertz CT molecular complexity index is 646. The first-order chi connectivity index (χ1) is 8.48. The number of hydrogen-bond acceptors (Lipinski definition) is 2. The molecule has 0 fully saturated rings. The molecule has 1 N–H and O–H groups in total. The Morgan fingerprint density at radius 2 is 1.72 bits per heavy atom. The van der Waals surface area contributed by atoms with Crippen molar-refractivity contribution in [3.8, 4) is 11.5 Å². The number of ether oxygens (including phenoxy) is 1. The monoisotopic (exact) mass is 284 g/mol. The smallest absolute Gasteiger partial charge is 0.266 e. The third kappa shape index (κ3) is 1.65. The predicted octanol–water partition coefficient (Wildman–Crippen LogP) is 2.81. The minimum absolute atomic E-state index is 0.0442. The molecule has 0 saturated carbocycles. The van der Waals surface area contributed by atoms with E-state index in [0.717, 1.165) is 6.07 Å². The number of rotatable bonds is 0.